The average molecular weight is 289 g/mol. The van der Waals surface area contributed by atoms with Gasteiger partial charge in [-0.05, 0) is 25.3 Å². The standard InChI is InChI=1S/C15H16FN3O2/c16-14-4-10-6-17-12(5-13(10)21-14)15(20)18-11-3-9-1-2-19(7-9)8-11/h4-6,9,11H,1-3,7-8H2,(H,18,20)/t9-,11+/m0/s1. The molecule has 4 heterocycles. The van der Waals surface area contributed by atoms with Gasteiger partial charge >= 0.3 is 0 Å². The number of aromatic nitrogens is 1. The molecule has 0 saturated carbocycles. The van der Waals surface area contributed by atoms with E-state index in [4.69, 9.17) is 4.42 Å². The van der Waals surface area contributed by atoms with E-state index in [-0.39, 0.29) is 17.6 Å². The first kappa shape index (κ1) is 12.8. The molecular weight excluding hydrogens is 273 g/mol. The van der Waals surface area contributed by atoms with Crippen LogP contribution in [0.15, 0.2) is 22.7 Å². The first-order chi connectivity index (χ1) is 10.2. The third-order valence-corrected chi connectivity index (χ3v) is 4.41. The number of piperidine rings is 1. The summed E-state index contributed by atoms with van der Waals surface area (Å²) in [4.78, 5) is 18.7. The fraction of sp³-hybridized carbons (Fsp3) is 0.467. The molecule has 110 valence electrons. The van der Waals surface area contributed by atoms with Crippen molar-refractivity contribution in [2.45, 2.75) is 18.9 Å². The van der Waals surface area contributed by atoms with Gasteiger partial charge in [0.1, 0.15) is 11.3 Å². The van der Waals surface area contributed by atoms with E-state index in [1.807, 2.05) is 0 Å². The van der Waals surface area contributed by atoms with Crippen molar-refractivity contribution in [3.8, 4) is 0 Å². The van der Waals surface area contributed by atoms with E-state index >= 15 is 0 Å². The summed E-state index contributed by atoms with van der Waals surface area (Å²) in [7, 11) is 0. The molecule has 2 aliphatic rings. The summed E-state index contributed by atoms with van der Waals surface area (Å²) >= 11 is 0. The summed E-state index contributed by atoms with van der Waals surface area (Å²) in [6.45, 7) is 3.19. The lowest BCUT2D eigenvalue weighted by atomic mass is 9.97. The molecule has 1 unspecified atom stereocenters. The molecule has 2 aromatic heterocycles. The molecule has 2 aromatic rings. The van der Waals surface area contributed by atoms with Crippen molar-refractivity contribution >= 4 is 16.9 Å². The molecule has 4 rings (SSSR count). The number of amides is 1. The normalized spacial score (nSPS) is 28.0. The van der Waals surface area contributed by atoms with Crippen LogP contribution in [0.3, 0.4) is 0 Å². The third kappa shape index (κ3) is 2.40. The van der Waals surface area contributed by atoms with Gasteiger partial charge in [-0.3, -0.25) is 9.78 Å². The lowest BCUT2D eigenvalue weighted by Crippen LogP contribution is -2.47. The molecule has 1 amide bonds. The third-order valence-electron chi connectivity index (χ3n) is 4.41. The van der Waals surface area contributed by atoms with Gasteiger partial charge in [0.15, 0.2) is 0 Å². The first-order valence-corrected chi connectivity index (χ1v) is 7.26. The number of nitrogens with zero attached hydrogens (tertiary/aromatic N) is 2. The SMILES string of the molecule is O=C(N[C@@H]1C[C@@H]2CCN(C2)C1)c1cc2oc(F)cc2cn1. The Morgan fingerprint density at radius 1 is 1.43 bits per heavy atom. The molecule has 3 atom stereocenters. The first-order valence-electron chi connectivity index (χ1n) is 7.26. The number of rotatable bonds is 2. The molecule has 2 bridgehead atoms. The van der Waals surface area contributed by atoms with Gasteiger partial charge in [0.05, 0.1) is 0 Å². The second-order valence-electron chi connectivity index (χ2n) is 5.98. The van der Waals surface area contributed by atoms with Crippen LogP contribution in [0, 0.1) is 11.9 Å². The molecule has 5 nitrogen and oxygen atoms in total. The fourth-order valence-electron chi connectivity index (χ4n) is 3.45. The van der Waals surface area contributed by atoms with Gasteiger partial charge in [0, 0.05) is 42.8 Å². The Labute approximate surface area is 121 Å². The topological polar surface area (TPSA) is 58.4 Å². The second-order valence-corrected chi connectivity index (χ2v) is 5.98. The van der Waals surface area contributed by atoms with Crippen molar-refractivity contribution in [3.05, 3.63) is 30.0 Å². The van der Waals surface area contributed by atoms with Crippen LogP contribution >= 0.6 is 0 Å². The van der Waals surface area contributed by atoms with E-state index in [0.717, 1.165) is 26.1 Å². The number of furan rings is 1. The fourth-order valence-corrected chi connectivity index (χ4v) is 3.45. The summed E-state index contributed by atoms with van der Waals surface area (Å²) in [5, 5.41) is 3.59. The summed E-state index contributed by atoms with van der Waals surface area (Å²) in [5.41, 5.74) is 0.616. The Morgan fingerprint density at radius 2 is 2.33 bits per heavy atom. The quantitative estimate of drug-likeness (QED) is 0.915. The van der Waals surface area contributed by atoms with Gasteiger partial charge in [-0.15, -0.1) is 0 Å². The van der Waals surface area contributed by atoms with E-state index in [1.54, 1.807) is 0 Å². The number of nitrogens with one attached hydrogen (secondary N) is 1. The molecule has 21 heavy (non-hydrogen) atoms. The monoisotopic (exact) mass is 289 g/mol. The highest BCUT2D eigenvalue weighted by Gasteiger charge is 2.33. The maximum absolute atomic E-state index is 13.0. The number of hydrogen-bond acceptors (Lipinski definition) is 4. The molecule has 2 fully saturated rings. The van der Waals surface area contributed by atoms with Crippen LogP contribution in [-0.2, 0) is 0 Å². The van der Waals surface area contributed by atoms with Crippen LogP contribution in [0.25, 0.3) is 11.0 Å². The average Bonchev–Trinajstić information content (AvgIpc) is 2.99. The Bertz CT molecular complexity index is 687. The zero-order valence-corrected chi connectivity index (χ0v) is 11.5. The number of halogens is 1. The molecule has 0 radical (unpaired) electrons. The maximum Gasteiger partial charge on any atom is 0.278 e. The molecule has 1 N–H and O–H groups in total. The van der Waals surface area contributed by atoms with Crippen LogP contribution in [0.2, 0.25) is 0 Å². The van der Waals surface area contributed by atoms with Crippen LogP contribution < -0.4 is 5.32 Å². The van der Waals surface area contributed by atoms with Gasteiger partial charge in [-0.1, -0.05) is 0 Å². The molecule has 0 aromatic carbocycles. The lowest BCUT2D eigenvalue weighted by molar-refractivity contribution is 0.0904. The zero-order chi connectivity index (χ0) is 14.4. The smallest absolute Gasteiger partial charge is 0.278 e. The van der Waals surface area contributed by atoms with Crippen molar-refractivity contribution < 1.29 is 13.6 Å². The molecule has 6 heteroatoms. The largest absolute Gasteiger partial charge is 0.431 e. The van der Waals surface area contributed by atoms with Crippen molar-refractivity contribution in [2.75, 3.05) is 19.6 Å². The minimum atomic E-state index is -0.666. The Kier molecular flexibility index (Phi) is 2.92. The zero-order valence-electron chi connectivity index (χ0n) is 11.5. The van der Waals surface area contributed by atoms with Crippen LogP contribution in [0.5, 0.6) is 0 Å². The molecule has 2 saturated heterocycles. The maximum atomic E-state index is 13.0. The highest BCUT2D eigenvalue weighted by molar-refractivity contribution is 5.95. The number of carbonyl (C=O) groups is 1. The minimum absolute atomic E-state index is 0.171. The highest BCUT2D eigenvalue weighted by atomic mass is 19.1. The Morgan fingerprint density at radius 3 is 3.19 bits per heavy atom. The van der Waals surface area contributed by atoms with Gasteiger partial charge in [0.2, 0.25) is 0 Å². The molecule has 0 spiro atoms. The predicted octanol–water partition coefficient (Wildman–Crippen LogP) is 1.79. The van der Waals surface area contributed by atoms with E-state index in [1.165, 1.54) is 24.8 Å². The van der Waals surface area contributed by atoms with Crippen molar-refractivity contribution in [1.29, 1.82) is 0 Å². The minimum Gasteiger partial charge on any atom is -0.431 e. The van der Waals surface area contributed by atoms with Gasteiger partial charge < -0.3 is 14.6 Å². The van der Waals surface area contributed by atoms with Crippen molar-refractivity contribution in [3.63, 3.8) is 0 Å². The van der Waals surface area contributed by atoms with Crippen LogP contribution in [-0.4, -0.2) is 41.5 Å². The molecule has 2 aliphatic heterocycles. The summed E-state index contributed by atoms with van der Waals surface area (Å²) in [6, 6.07) is 2.26. The van der Waals surface area contributed by atoms with Crippen LogP contribution in [0.4, 0.5) is 4.39 Å². The summed E-state index contributed by atoms with van der Waals surface area (Å²) in [6.07, 6.45) is 3.72. The van der Waals surface area contributed by atoms with E-state index in [0.29, 0.717) is 16.9 Å². The van der Waals surface area contributed by atoms with Gasteiger partial charge in [0.25, 0.3) is 11.9 Å². The number of hydrogen-bond donors (Lipinski definition) is 1. The summed E-state index contributed by atoms with van der Waals surface area (Å²) < 4.78 is 17.9. The van der Waals surface area contributed by atoms with Gasteiger partial charge in [-0.25, -0.2) is 0 Å². The Balaban J connectivity index is 1.50. The van der Waals surface area contributed by atoms with E-state index < -0.39 is 6.01 Å². The predicted molar refractivity (Wildman–Crippen MR) is 74.4 cm³/mol. The van der Waals surface area contributed by atoms with Crippen molar-refractivity contribution in [2.24, 2.45) is 5.92 Å². The number of pyridine rings is 1. The highest BCUT2D eigenvalue weighted by Crippen LogP contribution is 2.27. The van der Waals surface area contributed by atoms with E-state index in [2.05, 4.69) is 15.2 Å². The second kappa shape index (κ2) is 4.80. The van der Waals surface area contributed by atoms with Crippen LogP contribution in [0.1, 0.15) is 23.3 Å². The van der Waals surface area contributed by atoms with E-state index in [9.17, 15) is 9.18 Å². The van der Waals surface area contributed by atoms with Crippen molar-refractivity contribution in [1.82, 2.24) is 15.2 Å². The number of carbonyl (C=O) groups excluding carboxylic acids is 1. The van der Waals surface area contributed by atoms with Gasteiger partial charge in [-0.2, -0.15) is 4.39 Å². The summed E-state index contributed by atoms with van der Waals surface area (Å²) in [5.74, 6) is 0.472. The number of fused-ring (bicyclic) bond motifs is 3. The molecular formula is C15H16FN3O2. The molecule has 0 aliphatic carbocycles. The lowest BCUT2D eigenvalue weighted by Gasteiger charge is -2.30. The Hall–Kier alpha value is -1.95.